The van der Waals surface area contributed by atoms with Gasteiger partial charge in [0.1, 0.15) is 10.6 Å². The molecule has 4 heteroatoms. The van der Waals surface area contributed by atoms with E-state index in [0.29, 0.717) is 12.0 Å². The molecule has 0 aromatic carbocycles. The number of nitrogens with two attached hydrogens (primary N) is 1. The first-order valence-electron chi connectivity index (χ1n) is 6.80. The average Bonchev–Trinajstić information content (AvgIpc) is 2.82. The van der Waals surface area contributed by atoms with Gasteiger partial charge in [-0.25, -0.2) is 4.98 Å². The third-order valence-electron chi connectivity index (χ3n) is 3.98. The monoisotopic (exact) mass is 268 g/mol. The quantitative estimate of drug-likeness (QED) is 0.910. The number of nitrogens with zero attached hydrogens (tertiary/aromatic N) is 1. The lowest BCUT2D eigenvalue weighted by Crippen LogP contribution is -2.37. The Kier molecular flexibility index (Phi) is 4.09. The van der Waals surface area contributed by atoms with Crippen LogP contribution < -0.4 is 5.73 Å². The van der Waals surface area contributed by atoms with Gasteiger partial charge >= 0.3 is 0 Å². The van der Waals surface area contributed by atoms with Gasteiger partial charge in [-0.1, -0.05) is 13.8 Å². The molecule has 102 valence electrons. The van der Waals surface area contributed by atoms with E-state index in [1.54, 1.807) is 11.3 Å². The zero-order chi connectivity index (χ0) is 13.2. The Morgan fingerprint density at radius 2 is 2.00 bits per heavy atom. The lowest BCUT2D eigenvalue weighted by molar-refractivity contribution is -0.0891. The Morgan fingerprint density at radius 1 is 1.33 bits per heavy atom. The van der Waals surface area contributed by atoms with Crippen LogP contribution in [0.2, 0.25) is 0 Å². The van der Waals surface area contributed by atoms with Gasteiger partial charge < -0.3 is 10.5 Å². The van der Waals surface area contributed by atoms with Gasteiger partial charge in [-0.3, -0.25) is 0 Å². The van der Waals surface area contributed by atoms with Crippen LogP contribution in [0.1, 0.15) is 57.2 Å². The van der Waals surface area contributed by atoms with Gasteiger partial charge in [0, 0.05) is 18.5 Å². The van der Waals surface area contributed by atoms with Crippen molar-refractivity contribution in [2.24, 2.45) is 11.1 Å². The van der Waals surface area contributed by atoms with Crippen LogP contribution in [0.4, 0.5) is 0 Å². The zero-order valence-electron chi connectivity index (χ0n) is 11.7. The van der Waals surface area contributed by atoms with Crippen molar-refractivity contribution in [3.8, 4) is 0 Å². The molecule has 2 N–H and O–H groups in total. The fourth-order valence-corrected chi connectivity index (χ4v) is 3.68. The summed E-state index contributed by atoms with van der Waals surface area (Å²) < 4.78 is 6.11. The van der Waals surface area contributed by atoms with E-state index in [9.17, 15) is 0 Å². The average molecular weight is 268 g/mol. The van der Waals surface area contributed by atoms with E-state index in [4.69, 9.17) is 10.5 Å². The molecule has 0 atom stereocenters. The first kappa shape index (κ1) is 14.0. The summed E-state index contributed by atoms with van der Waals surface area (Å²) in [5, 5.41) is 3.19. The number of ether oxygens (including phenoxy) is 1. The van der Waals surface area contributed by atoms with Crippen LogP contribution in [0, 0.1) is 5.41 Å². The van der Waals surface area contributed by atoms with Crippen LogP contribution >= 0.6 is 11.3 Å². The molecule has 1 saturated carbocycles. The smallest absolute Gasteiger partial charge is 0.125 e. The second kappa shape index (κ2) is 5.27. The van der Waals surface area contributed by atoms with Crippen LogP contribution in [-0.4, -0.2) is 11.6 Å². The van der Waals surface area contributed by atoms with Gasteiger partial charge in [0.25, 0.3) is 0 Å². The molecule has 0 radical (unpaired) electrons. The van der Waals surface area contributed by atoms with Crippen molar-refractivity contribution in [3.63, 3.8) is 0 Å². The Balaban J connectivity index is 2.22. The number of hydrogen-bond acceptors (Lipinski definition) is 4. The van der Waals surface area contributed by atoms with Gasteiger partial charge in [-0.2, -0.15) is 0 Å². The molecule has 0 aliphatic heterocycles. The molecule has 1 aliphatic carbocycles. The van der Waals surface area contributed by atoms with Crippen molar-refractivity contribution in [3.05, 3.63) is 16.1 Å². The lowest BCUT2D eigenvalue weighted by atomic mass is 9.71. The van der Waals surface area contributed by atoms with Crippen LogP contribution in [-0.2, 0) is 16.9 Å². The highest BCUT2D eigenvalue weighted by molar-refractivity contribution is 7.09. The molecule has 2 rings (SSSR count). The van der Waals surface area contributed by atoms with Crippen LogP contribution in [0.3, 0.4) is 0 Å². The summed E-state index contributed by atoms with van der Waals surface area (Å²) in [5.74, 6) is 0. The molecule has 1 aromatic heterocycles. The molecule has 0 spiro atoms. The summed E-state index contributed by atoms with van der Waals surface area (Å²) in [7, 11) is 0. The van der Waals surface area contributed by atoms with Gasteiger partial charge in [-0.15, -0.1) is 11.3 Å². The van der Waals surface area contributed by atoms with Crippen molar-refractivity contribution in [2.45, 2.75) is 58.6 Å². The number of rotatable bonds is 4. The van der Waals surface area contributed by atoms with Crippen LogP contribution in [0.15, 0.2) is 5.38 Å². The molecule has 0 amide bonds. The fourth-order valence-electron chi connectivity index (χ4n) is 2.64. The van der Waals surface area contributed by atoms with Crippen molar-refractivity contribution >= 4 is 11.3 Å². The standard InChI is InChI=1S/C14H24N2OS/c1-4-17-14(7-5-13(2,3)6-8-14)12-16-11(9-15)10-18-12/h10H,4-9,15H2,1-3H3. The predicted molar refractivity (Wildman–Crippen MR) is 75.6 cm³/mol. The number of hydrogen-bond donors (Lipinski definition) is 1. The summed E-state index contributed by atoms with van der Waals surface area (Å²) in [6, 6.07) is 0. The molecule has 0 saturated heterocycles. The Hall–Kier alpha value is -0.450. The summed E-state index contributed by atoms with van der Waals surface area (Å²) in [6.45, 7) is 8.02. The van der Waals surface area contributed by atoms with Crippen molar-refractivity contribution in [1.82, 2.24) is 4.98 Å². The van der Waals surface area contributed by atoms with E-state index in [-0.39, 0.29) is 5.60 Å². The normalized spacial score (nSPS) is 22.0. The second-order valence-electron chi connectivity index (χ2n) is 5.94. The van der Waals surface area contributed by atoms with Crippen LogP contribution in [0.25, 0.3) is 0 Å². The minimum absolute atomic E-state index is 0.150. The third-order valence-corrected chi connectivity index (χ3v) is 5.06. The van der Waals surface area contributed by atoms with E-state index >= 15 is 0 Å². The Labute approximate surface area is 114 Å². The Morgan fingerprint density at radius 3 is 2.50 bits per heavy atom. The minimum Gasteiger partial charge on any atom is -0.368 e. The zero-order valence-corrected chi connectivity index (χ0v) is 12.5. The second-order valence-corrected chi connectivity index (χ2v) is 6.80. The van der Waals surface area contributed by atoms with Crippen LogP contribution in [0.5, 0.6) is 0 Å². The molecule has 1 fully saturated rings. The molecule has 3 nitrogen and oxygen atoms in total. The van der Waals surface area contributed by atoms with Gasteiger partial charge in [0.05, 0.1) is 5.69 Å². The highest BCUT2D eigenvalue weighted by atomic mass is 32.1. The first-order chi connectivity index (χ1) is 8.51. The number of aromatic nitrogens is 1. The topological polar surface area (TPSA) is 48.1 Å². The van der Waals surface area contributed by atoms with E-state index in [0.717, 1.165) is 30.2 Å². The van der Waals surface area contributed by atoms with Crippen molar-refractivity contribution < 1.29 is 4.74 Å². The third kappa shape index (κ3) is 2.76. The molecule has 1 heterocycles. The lowest BCUT2D eigenvalue weighted by Gasteiger charge is -2.42. The Bertz CT molecular complexity index is 390. The first-order valence-corrected chi connectivity index (χ1v) is 7.68. The molecule has 1 aromatic rings. The van der Waals surface area contributed by atoms with Gasteiger partial charge in [0.2, 0.25) is 0 Å². The highest BCUT2D eigenvalue weighted by Crippen LogP contribution is 2.48. The molecular weight excluding hydrogens is 244 g/mol. The van der Waals surface area contributed by atoms with E-state index < -0.39 is 0 Å². The molecule has 0 unspecified atom stereocenters. The van der Waals surface area contributed by atoms with Gasteiger partial charge in [-0.05, 0) is 38.0 Å². The maximum atomic E-state index is 6.11. The SMILES string of the molecule is CCOC1(c2nc(CN)cs2)CCC(C)(C)CC1. The summed E-state index contributed by atoms with van der Waals surface area (Å²) in [4.78, 5) is 4.66. The highest BCUT2D eigenvalue weighted by Gasteiger charge is 2.42. The molecule has 18 heavy (non-hydrogen) atoms. The largest absolute Gasteiger partial charge is 0.368 e. The van der Waals surface area contributed by atoms with Crippen molar-refractivity contribution in [1.29, 1.82) is 0 Å². The summed E-state index contributed by atoms with van der Waals surface area (Å²) in [6.07, 6.45) is 4.55. The van der Waals surface area contributed by atoms with E-state index in [1.165, 1.54) is 12.8 Å². The van der Waals surface area contributed by atoms with E-state index in [1.807, 2.05) is 0 Å². The molecule has 0 bridgehead atoms. The van der Waals surface area contributed by atoms with Gasteiger partial charge in [0.15, 0.2) is 0 Å². The summed E-state index contributed by atoms with van der Waals surface area (Å²) in [5.41, 5.74) is 6.93. The predicted octanol–water partition coefficient (Wildman–Crippen LogP) is 3.43. The fraction of sp³-hybridized carbons (Fsp3) is 0.786. The molecule has 1 aliphatic rings. The van der Waals surface area contributed by atoms with Crippen molar-refractivity contribution in [2.75, 3.05) is 6.61 Å². The van der Waals surface area contributed by atoms with E-state index in [2.05, 4.69) is 31.1 Å². The summed E-state index contributed by atoms with van der Waals surface area (Å²) >= 11 is 1.70. The maximum absolute atomic E-state index is 6.11. The number of thiazole rings is 1. The minimum atomic E-state index is -0.150. The molecular formula is C14H24N2OS. The maximum Gasteiger partial charge on any atom is 0.125 e.